The number of hydrogen-bond acceptors (Lipinski definition) is 3. The van der Waals surface area contributed by atoms with E-state index in [4.69, 9.17) is 4.74 Å². The Morgan fingerprint density at radius 1 is 1.14 bits per heavy atom. The van der Waals surface area contributed by atoms with E-state index in [9.17, 15) is 13.6 Å². The van der Waals surface area contributed by atoms with Crippen LogP contribution in [0.2, 0.25) is 0 Å². The molecule has 2 rings (SSSR count). The second-order valence-electron chi connectivity index (χ2n) is 4.32. The summed E-state index contributed by atoms with van der Waals surface area (Å²) in [5, 5.41) is 0. The second kappa shape index (κ2) is 6.83. The lowest BCUT2D eigenvalue weighted by atomic mass is 10.1. The van der Waals surface area contributed by atoms with Gasteiger partial charge in [-0.05, 0) is 29.8 Å². The van der Waals surface area contributed by atoms with E-state index in [0.29, 0.717) is 11.1 Å². The van der Waals surface area contributed by atoms with Gasteiger partial charge in [-0.1, -0.05) is 24.3 Å². The third kappa shape index (κ3) is 3.78. The molecule has 0 amide bonds. The number of alkyl halides is 2. The lowest BCUT2D eigenvalue weighted by molar-refractivity contribution is 0.0600. The molecule has 0 saturated carbocycles. The van der Waals surface area contributed by atoms with Crippen LogP contribution in [0.4, 0.5) is 8.78 Å². The first-order valence-corrected chi connectivity index (χ1v) is 6.29. The Morgan fingerprint density at radius 3 is 2.62 bits per heavy atom. The molecule has 2 aromatic rings. The summed E-state index contributed by atoms with van der Waals surface area (Å²) in [6.45, 7) is 0.0918. The number of carbonyl (C=O) groups excluding carboxylic acids is 1. The molecule has 0 unspecified atom stereocenters. The van der Waals surface area contributed by atoms with Gasteiger partial charge in [-0.15, -0.1) is 0 Å². The van der Waals surface area contributed by atoms with E-state index in [1.165, 1.54) is 25.3 Å². The Morgan fingerprint density at radius 2 is 1.90 bits per heavy atom. The van der Waals surface area contributed by atoms with Crippen LogP contribution < -0.4 is 4.74 Å². The maximum Gasteiger partial charge on any atom is 0.337 e. The Labute approximate surface area is 121 Å². The number of ether oxygens (including phenoxy) is 2. The van der Waals surface area contributed by atoms with Crippen LogP contribution in [0.1, 0.15) is 27.9 Å². The first kappa shape index (κ1) is 15.0. The predicted molar refractivity (Wildman–Crippen MR) is 73.5 cm³/mol. The van der Waals surface area contributed by atoms with Gasteiger partial charge in [0.05, 0.1) is 18.2 Å². The van der Waals surface area contributed by atoms with E-state index in [0.717, 1.165) is 0 Å². The van der Waals surface area contributed by atoms with Gasteiger partial charge in [-0.2, -0.15) is 0 Å². The van der Waals surface area contributed by atoms with Crippen molar-refractivity contribution in [3.05, 3.63) is 65.2 Å². The zero-order valence-electron chi connectivity index (χ0n) is 11.4. The first-order chi connectivity index (χ1) is 10.1. The van der Waals surface area contributed by atoms with Crippen LogP contribution in [0.3, 0.4) is 0 Å². The van der Waals surface area contributed by atoms with Gasteiger partial charge in [0, 0.05) is 0 Å². The van der Waals surface area contributed by atoms with Gasteiger partial charge in [0.1, 0.15) is 12.4 Å². The Kier molecular flexibility index (Phi) is 4.87. The number of rotatable bonds is 5. The van der Waals surface area contributed by atoms with E-state index in [1.807, 2.05) is 0 Å². The molecule has 110 valence electrons. The molecule has 3 nitrogen and oxygen atoms in total. The highest BCUT2D eigenvalue weighted by molar-refractivity contribution is 5.89. The number of carbonyl (C=O) groups is 1. The maximum absolute atomic E-state index is 12.8. The van der Waals surface area contributed by atoms with Crippen LogP contribution >= 0.6 is 0 Å². The van der Waals surface area contributed by atoms with Crippen molar-refractivity contribution in [3.63, 3.8) is 0 Å². The minimum atomic E-state index is -2.59. The smallest absolute Gasteiger partial charge is 0.337 e. The third-order valence-electron chi connectivity index (χ3n) is 2.90. The molecule has 5 heteroatoms. The summed E-state index contributed by atoms with van der Waals surface area (Å²) in [4.78, 5) is 11.4. The Hall–Kier alpha value is -2.43. The molecule has 21 heavy (non-hydrogen) atoms. The lowest BCUT2D eigenvalue weighted by Gasteiger charge is -2.11. The molecular weight excluding hydrogens is 278 g/mol. The zero-order valence-corrected chi connectivity index (χ0v) is 11.4. The normalized spacial score (nSPS) is 10.5. The largest absolute Gasteiger partial charge is 0.488 e. The van der Waals surface area contributed by atoms with Crippen LogP contribution in [0.15, 0.2) is 48.5 Å². The summed E-state index contributed by atoms with van der Waals surface area (Å²) in [6, 6.07) is 12.6. The summed E-state index contributed by atoms with van der Waals surface area (Å²) in [6.07, 6.45) is -2.59. The standard InChI is InChI=1S/C16H14F2O3/c1-20-16(19)12-6-4-5-11(9-12)10-21-14-8-3-2-7-13(14)15(17)18/h2-9,15H,10H2,1H3. The van der Waals surface area contributed by atoms with Crippen LogP contribution in [-0.4, -0.2) is 13.1 Å². The summed E-state index contributed by atoms with van der Waals surface area (Å²) < 4.78 is 35.7. The molecule has 2 aromatic carbocycles. The van der Waals surface area contributed by atoms with Gasteiger partial charge >= 0.3 is 5.97 Å². The van der Waals surface area contributed by atoms with E-state index in [2.05, 4.69) is 4.74 Å². The fraction of sp³-hybridized carbons (Fsp3) is 0.188. The highest BCUT2D eigenvalue weighted by Crippen LogP contribution is 2.29. The van der Waals surface area contributed by atoms with Crippen LogP contribution in [0.5, 0.6) is 5.75 Å². The molecule has 0 heterocycles. The zero-order chi connectivity index (χ0) is 15.2. The number of halogens is 2. The molecular formula is C16H14F2O3. The van der Waals surface area contributed by atoms with Gasteiger partial charge in [-0.3, -0.25) is 0 Å². The quantitative estimate of drug-likeness (QED) is 0.782. The topological polar surface area (TPSA) is 35.5 Å². The monoisotopic (exact) mass is 292 g/mol. The van der Waals surface area contributed by atoms with Crippen molar-refractivity contribution in [1.29, 1.82) is 0 Å². The molecule has 0 saturated heterocycles. The van der Waals surface area contributed by atoms with Crippen molar-refractivity contribution < 1.29 is 23.0 Å². The molecule has 0 atom stereocenters. The predicted octanol–water partition coefficient (Wildman–Crippen LogP) is 3.99. The van der Waals surface area contributed by atoms with Crippen molar-refractivity contribution in [2.45, 2.75) is 13.0 Å². The van der Waals surface area contributed by atoms with Gasteiger partial charge in [0.15, 0.2) is 0 Å². The molecule has 0 spiro atoms. The second-order valence-corrected chi connectivity index (χ2v) is 4.32. The van der Waals surface area contributed by atoms with E-state index < -0.39 is 12.4 Å². The summed E-state index contributed by atoms with van der Waals surface area (Å²) in [7, 11) is 1.30. The summed E-state index contributed by atoms with van der Waals surface area (Å²) >= 11 is 0. The minimum Gasteiger partial charge on any atom is -0.488 e. The van der Waals surface area contributed by atoms with Crippen LogP contribution in [0, 0.1) is 0 Å². The fourth-order valence-corrected chi connectivity index (χ4v) is 1.86. The molecule has 0 aliphatic heterocycles. The van der Waals surface area contributed by atoms with Crippen LogP contribution in [-0.2, 0) is 11.3 Å². The number of esters is 1. The maximum atomic E-state index is 12.8. The van der Waals surface area contributed by atoms with Crippen molar-refractivity contribution in [3.8, 4) is 5.75 Å². The van der Waals surface area contributed by atoms with Crippen molar-refractivity contribution in [2.75, 3.05) is 7.11 Å². The summed E-state index contributed by atoms with van der Waals surface area (Å²) in [5.74, 6) is -0.319. The van der Waals surface area contributed by atoms with E-state index in [-0.39, 0.29) is 17.9 Å². The third-order valence-corrected chi connectivity index (χ3v) is 2.90. The fourth-order valence-electron chi connectivity index (χ4n) is 1.86. The average Bonchev–Trinajstić information content (AvgIpc) is 2.52. The Bertz CT molecular complexity index is 626. The van der Waals surface area contributed by atoms with Crippen molar-refractivity contribution in [1.82, 2.24) is 0 Å². The van der Waals surface area contributed by atoms with E-state index >= 15 is 0 Å². The average molecular weight is 292 g/mol. The van der Waals surface area contributed by atoms with Gasteiger partial charge in [0.2, 0.25) is 0 Å². The van der Waals surface area contributed by atoms with E-state index in [1.54, 1.807) is 30.3 Å². The molecule has 0 aliphatic rings. The number of para-hydroxylation sites is 1. The molecule has 0 aromatic heterocycles. The molecule has 0 radical (unpaired) electrons. The first-order valence-electron chi connectivity index (χ1n) is 6.29. The highest BCUT2D eigenvalue weighted by Gasteiger charge is 2.13. The molecule has 0 bridgehead atoms. The molecule has 0 fully saturated rings. The lowest BCUT2D eigenvalue weighted by Crippen LogP contribution is -2.03. The van der Waals surface area contributed by atoms with Crippen molar-refractivity contribution >= 4 is 5.97 Å². The SMILES string of the molecule is COC(=O)c1cccc(COc2ccccc2C(F)F)c1. The highest BCUT2D eigenvalue weighted by atomic mass is 19.3. The number of methoxy groups -OCH3 is 1. The van der Waals surface area contributed by atoms with Gasteiger partial charge < -0.3 is 9.47 Å². The molecule has 0 N–H and O–H groups in total. The van der Waals surface area contributed by atoms with Crippen LogP contribution in [0.25, 0.3) is 0 Å². The Balaban J connectivity index is 2.12. The number of hydrogen-bond donors (Lipinski definition) is 0. The van der Waals surface area contributed by atoms with Gasteiger partial charge in [-0.25, -0.2) is 13.6 Å². The minimum absolute atomic E-state index is 0.0918. The van der Waals surface area contributed by atoms with Crippen molar-refractivity contribution in [2.24, 2.45) is 0 Å². The summed E-state index contributed by atoms with van der Waals surface area (Å²) in [5.41, 5.74) is 0.935. The molecule has 0 aliphatic carbocycles. The van der Waals surface area contributed by atoms with Gasteiger partial charge in [0.25, 0.3) is 6.43 Å². The number of benzene rings is 2.